The second-order valence-electron chi connectivity index (χ2n) is 7.99. The lowest BCUT2D eigenvalue weighted by molar-refractivity contribution is -0.0256. The molecule has 32 heavy (non-hydrogen) atoms. The van der Waals surface area contributed by atoms with Crippen LogP contribution in [0.25, 0.3) is 11.0 Å². The quantitative estimate of drug-likeness (QED) is 0.464. The predicted molar refractivity (Wildman–Crippen MR) is 125 cm³/mol. The van der Waals surface area contributed by atoms with Crippen molar-refractivity contribution in [3.63, 3.8) is 0 Å². The minimum Gasteiger partial charge on any atom is -0.451 e. The number of nitrogens with zero attached hydrogens (tertiary/aromatic N) is 3. The Morgan fingerprint density at radius 3 is 2.84 bits per heavy atom. The van der Waals surface area contributed by atoms with E-state index in [-0.39, 0.29) is 12.0 Å². The van der Waals surface area contributed by atoms with Crippen LogP contribution in [0.15, 0.2) is 47.0 Å². The van der Waals surface area contributed by atoms with Gasteiger partial charge in [0.25, 0.3) is 5.91 Å². The molecule has 1 aromatic carbocycles. The summed E-state index contributed by atoms with van der Waals surface area (Å²) in [5.74, 6) is 0.279. The Morgan fingerprint density at radius 2 is 2.06 bits per heavy atom. The molecule has 1 aliphatic heterocycles. The van der Waals surface area contributed by atoms with Gasteiger partial charge in [-0.15, -0.1) is 11.3 Å². The monoisotopic (exact) mass is 448 g/mol. The number of hydrogen-bond acceptors (Lipinski definition) is 7. The van der Waals surface area contributed by atoms with Crippen molar-refractivity contribution < 1.29 is 13.9 Å². The average Bonchev–Trinajstić information content (AvgIpc) is 3.35. The Hall–Kier alpha value is -3.23. The first-order valence-electron chi connectivity index (χ1n) is 10.5. The third-order valence-electron chi connectivity index (χ3n) is 5.57. The third-order valence-corrected chi connectivity index (χ3v) is 6.40. The van der Waals surface area contributed by atoms with Gasteiger partial charge in [-0.3, -0.25) is 9.78 Å². The van der Waals surface area contributed by atoms with Gasteiger partial charge in [0.15, 0.2) is 10.9 Å². The lowest BCUT2D eigenvalue weighted by Crippen LogP contribution is -2.42. The summed E-state index contributed by atoms with van der Waals surface area (Å²) >= 11 is 1.60. The summed E-state index contributed by atoms with van der Waals surface area (Å²) in [5.41, 5.74) is 4.17. The van der Waals surface area contributed by atoms with Gasteiger partial charge < -0.3 is 19.4 Å². The lowest BCUT2D eigenvalue weighted by Gasteiger charge is -2.32. The van der Waals surface area contributed by atoms with Crippen molar-refractivity contribution in [2.75, 3.05) is 25.0 Å². The highest BCUT2D eigenvalue weighted by Gasteiger charge is 2.30. The molecule has 0 spiro atoms. The van der Waals surface area contributed by atoms with Gasteiger partial charge in [0.1, 0.15) is 11.7 Å². The fourth-order valence-electron chi connectivity index (χ4n) is 4.00. The van der Waals surface area contributed by atoms with E-state index >= 15 is 0 Å². The van der Waals surface area contributed by atoms with Crippen molar-refractivity contribution in [3.8, 4) is 0 Å². The highest BCUT2D eigenvalue weighted by Crippen LogP contribution is 2.30. The van der Waals surface area contributed by atoms with Crippen molar-refractivity contribution >= 4 is 39.0 Å². The molecule has 1 N–H and O–H groups in total. The fourth-order valence-corrected chi connectivity index (χ4v) is 4.69. The number of aryl methyl sites for hydroxylation is 3. The molecule has 0 aliphatic carbocycles. The van der Waals surface area contributed by atoms with Crippen molar-refractivity contribution in [3.05, 3.63) is 70.2 Å². The number of rotatable bonds is 4. The van der Waals surface area contributed by atoms with Gasteiger partial charge in [-0.25, -0.2) is 4.98 Å². The number of carbonyl (C=O) groups excluding carboxylic acids is 1. The van der Waals surface area contributed by atoms with Crippen LogP contribution in [0.3, 0.4) is 0 Å². The number of anilines is 2. The Labute approximate surface area is 190 Å². The van der Waals surface area contributed by atoms with Crippen LogP contribution in [-0.2, 0) is 4.74 Å². The number of amides is 1. The molecule has 5 rings (SSSR count). The molecule has 4 aromatic rings. The Kier molecular flexibility index (Phi) is 5.40. The maximum Gasteiger partial charge on any atom is 0.290 e. The molecular weight excluding hydrogens is 424 g/mol. The van der Waals surface area contributed by atoms with Crippen LogP contribution < -0.4 is 5.32 Å². The van der Waals surface area contributed by atoms with Gasteiger partial charge >= 0.3 is 0 Å². The second kappa shape index (κ2) is 8.37. The molecular formula is C24H24N4O3S. The smallest absolute Gasteiger partial charge is 0.290 e. The first-order chi connectivity index (χ1) is 15.5. The standard InChI is InChI=1S/C24H24N4O3S/c1-14-10-17(27-24-25-12-15(2)32-24)11-19(26-14)21-13-28(8-9-30-21)23(29)22-16(3)18-6-4-5-7-20(18)31-22/h4-7,10-12,21H,8-9,13H2,1-3H3,(H,25,26,27)/t21-/m1/s1. The van der Waals surface area contributed by atoms with E-state index in [0.29, 0.717) is 25.5 Å². The SMILES string of the molecule is Cc1cc(Nc2ncc(C)s2)cc([C@H]2CN(C(=O)c3oc4ccccc4c3C)CCO2)n1. The highest BCUT2D eigenvalue weighted by atomic mass is 32.1. The van der Waals surface area contributed by atoms with Crippen LogP contribution in [0.4, 0.5) is 10.8 Å². The number of thiazole rings is 1. The zero-order chi connectivity index (χ0) is 22.2. The van der Waals surface area contributed by atoms with Gasteiger partial charge in [0.2, 0.25) is 0 Å². The van der Waals surface area contributed by atoms with Crippen LogP contribution in [-0.4, -0.2) is 40.5 Å². The number of hydrogen-bond donors (Lipinski definition) is 1. The third kappa shape index (κ3) is 3.99. The minimum atomic E-state index is -0.309. The van der Waals surface area contributed by atoms with E-state index in [1.165, 1.54) is 0 Å². The van der Waals surface area contributed by atoms with E-state index in [2.05, 4.69) is 15.3 Å². The number of carbonyl (C=O) groups is 1. The largest absolute Gasteiger partial charge is 0.451 e. The minimum absolute atomic E-state index is 0.115. The van der Waals surface area contributed by atoms with E-state index < -0.39 is 0 Å². The zero-order valence-electron chi connectivity index (χ0n) is 18.2. The summed E-state index contributed by atoms with van der Waals surface area (Å²) in [5, 5.41) is 5.14. The average molecular weight is 449 g/mol. The molecule has 7 nitrogen and oxygen atoms in total. The molecule has 8 heteroatoms. The van der Waals surface area contributed by atoms with E-state index in [1.54, 1.807) is 16.2 Å². The van der Waals surface area contributed by atoms with Crippen LogP contribution in [0.2, 0.25) is 0 Å². The normalized spacial score (nSPS) is 16.5. The number of fused-ring (bicyclic) bond motifs is 1. The van der Waals surface area contributed by atoms with Crippen LogP contribution in [0, 0.1) is 20.8 Å². The second-order valence-corrected chi connectivity index (χ2v) is 9.22. The molecule has 3 aromatic heterocycles. The Morgan fingerprint density at radius 1 is 1.22 bits per heavy atom. The van der Waals surface area contributed by atoms with Crippen molar-refractivity contribution in [2.45, 2.75) is 26.9 Å². The summed E-state index contributed by atoms with van der Waals surface area (Å²) in [6.07, 6.45) is 1.53. The molecule has 0 radical (unpaired) electrons. The maximum absolute atomic E-state index is 13.3. The van der Waals surface area contributed by atoms with E-state index in [4.69, 9.17) is 9.15 Å². The fraction of sp³-hybridized carbons (Fsp3) is 0.292. The van der Waals surface area contributed by atoms with E-state index in [1.807, 2.05) is 63.4 Å². The molecule has 1 aliphatic rings. The molecule has 1 amide bonds. The highest BCUT2D eigenvalue weighted by molar-refractivity contribution is 7.15. The molecule has 1 saturated heterocycles. The number of ether oxygens (including phenoxy) is 1. The van der Waals surface area contributed by atoms with Crippen LogP contribution >= 0.6 is 11.3 Å². The van der Waals surface area contributed by atoms with Gasteiger partial charge in [0.05, 0.1) is 18.8 Å². The zero-order valence-corrected chi connectivity index (χ0v) is 19.0. The topological polar surface area (TPSA) is 80.5 Å². The molecule has 164 valence electrons. The summed E-state index contributed by atoms with van der Waals surface area (Å²) in [7, 11) is 0. The maximum atomic E-state index is 13.3. The van der Waals surface area contributed by atoms with Gasteiger partial charge in [-0.05, 0) is 39.0 Å². The van der Waals surface area contributed by atoms with E-state index in [0.717, 1.165) is 43.6 Å². The Bertz CT molecular complexity index is 1300. The number of pyridine rings is 1. The number of benzene rings is 1. The van der Waals surface area contributed by atoms with Gasteiger partial charge in [0, 0.05) is 39.9 Å². The van der Waals surface area contributed by atoms with Gasteiger partial charge in [-0.2, -0.15) is 0 Å². The lowest BCUT2D eigenvalue weighted by atomic mass is 10.1. The predicted octanol–water partition coefficient (Wildman–Crippen LogP) is 5.17. The van der Waals surface area contributed by atoms with Crippen molar-refractivity contribution in [1.29, 1.82) is 0 Å². The summed E-state index contributed by atoms with van der Waals surface area (Å²) in [4.78, 5) is 25.3. The molecule has 0 bridgehead atoms. The number of morpholine rings is 1. The summed E-state index contributed by atoms with van der Waals surface area (Å²) < 4.78 is 11.9. The summed E-state index contributed by atoms with van der Waals surface area (Å²) in [6, 6.07) is 11.7. The van der Waals surface area contributed by atoms with E-state index in [9.17, 15) is 4.79 Å². The van der Waals surface area contributed by atoms with Crippen LogP contribution in [0.1, 0.15) is 38.5 Å². The number of aromatic nitrogens is 2. The van der Waals surface area contributed by atoms with Crippen molar-refractivity contribution in [1.82, 2.24) is 14.9 Å². The molecule has 0 unspecified atom stereocenters. The number of nitrogens with one attached hydrogen (secondary N) is 1. The molecule has 1 atom stereocenters. The molecule has 1 fully saturated rings. The van der Waals surface area contributed by atoms with Gasteiger partial charge in [-0.1, -0.05) is 18.2 Å². The Balaban J connectivity index is 1.37. The van der Waals surface area contributed by atoms with Crippen LogP contribution in [0.5, 0.6) is 0 Å². The summed E-state index contributed by atoms with van der Waals surface area (Å²) in [6.45, 7) is 7.28. The molecule has 4 heterocycles. The van der Waals surface area contributed by atoms with Crippen molar-refractivity contribution in [2.24, 2.45) is 0 Å². The molecule has 0 saturated carbocycles. The number of para-hydroxylation sites is 1. The first-order valence-corrected chi connectivity index (χ1v) is 11.4. The number of furan rings is 1. The first kappa shape index (κ1) is 20.7.